The highest BCUT2D eigenvalue weighted by Crippen LogP contribution is 2.25. The molecule has 3 rings (SSSR count). The normalized spacial score (nSPS) is 15.8. The minimum atomic E-state index is -3.26. The fraction of sp³-hybridized carbons (Fsp3) is 0.294. The van der Waals surface area contributed by atoms with Crippen LogP contribution in [0, 0.1) is 0 Å². The van der Waals surface area contributed by atoms with Gasteiger partial charge < -0.3 is 14.8 Å². The number of carbonyl (C=O) groups is 2. The van der Waals surface area contributed by atoms with Gasteiger partial charge in [0.15, 0.2) is 5.76 Å². The molecule has 1 amide bonds. The third-order valence-corrected chi connectivity index (χ3v) is 5.97. The lowest BCUT2D eigenvalue weighted by Crippen LogP contribution is -2.24. The number of carboxylic acid groups (broad SMARTS) is 1. The highest BCUT2D eigenvalue weighted by atomic mass is 32.2. The van der Waals surface area contributed by atoms with Gasteiger partial charge in [-0.1, -0.05) is 6.92 Å². The van der Waals surface area contributed by atoms with Crippen LogP contribution in [0.2, 0.25) is 0 Å². The molecule has 0 spiro atoms. The molecule has 0 saturated carbocycles. The van der Waals surface area contributed by atoms with Crippen LogP contribution in [0.3, 0.4) is 0 Å². The Morgan fingerprint density at radius 1 is 1.27 bits per heavy atom. The molecule has 1 aromatic heterocycles. The highest BCUT2D eigenvalue weighted by molar-refractivity contribution is 7.93. The van der Waals surface area contributed by atoms with E-state index in [0.717, 1.165) is 0 Å². The van der Waals surface area contributed by atoms with E-state index in [1.54, 1.807) is 31.2 Å². The molecule has 2 aromatic rings. The second-order valence-electron chi connectivity index (χ2n) is 5.85. The molecule has 8 nitrogen and oxygen atoms in total. The van der Waals surface area contributed by atoms with E-state index in [2.05, 4.69) is 5.32 Å². The largest absolute Gasteiger partial charge is 0.478 e. The predicted molar refractivity (Wildman–Crippen MR) is 95.2 cm³/mol. The van der Waals surface area contributed by atoms with Crippen molar-refractivity contribution in [1.82, 2.24) is 0 Å². The third kappa shape index (κ3) is 3.43. The standard InChI is InChI=1S/C17H18N2O6S/c1-2-14-13(17(21)22)10-15(25-14)16(20)18-11-4-6-12(7-5-11)19-8-3-9-26(19,23)24/h4-7,10H,2-3,8-9H2,1H3,(H,18,20)(H,21,22). The molecule has 26 heavy (non-hydrogen) atoms. The van der Waals surface area contributed by atoms with Crippen LogP contribution in [0.5, 0.6) is 0 Å². The Hall–Kier alpha value is -2.81. The Kier molecular flexibility index (Phi) is 4.73. The highest BCUT2D eigenvalue weighted by Gasteiger charge is 2.28. The number of aryl methyl sites for hydroxylation is 1. The van der Waals surface area contributed by atoms with Gasteiger partial charge in [-0.2, -0.15) is 0 Å². The molecule has 9 heteroatoms. The first kappa shape index (κ1) is 18.0. The summed E-state index contributed by atoms with van der Waals surface area (Å²) in [5.41, 5.74) is 0.953. The number of sulfonamides is 1. The molecule has 1 aromatic carbocycles. The van der Waals surface area contributed by atoms with E-state index in [0.29, 0.717) is 30.8 Å². The van der Waals surface area contributed by atoms with E-state index in [4.69, 9.17) is 9.52 Å². The van der Waals surface area contributed by atoms with E-state index in [9.17, 15) is 18.0 Å². The van der Waals surface area contributed by atoms with Gasteiger partial charge >= 0.3 is 5.97 Å². The summed E-state index contributed by atoms with van der Waals surface area (Å²) in [6.07, 6.45) is 0.943. The Morgan fingerprint density at radius 3 is 2.46 bits per heavy atom. The Labute approximate surface area is 150 Å². The molecule has 0 atom stereocenters. The van der Waals surface area contributed by atoms with Gasteiger partial charge in [0.25, 0.3) is 5.91 Å². The van der Waals surface area contributed by atoms with Gasteiger partial charge in [0, 0.05) is 24.7 Å². The van der Waals surface area contributed by atoms with Crippen LogP contribution < -0.4 is 9.62 Å². The van der Waals surface area contributed by atoms with Crippen molar-refractivity contribution in [3.8, 4) is 0 Å². The quantitative estimate of drug-likeness (QED) is 0.825. The Balaban J connectivity index is 1.75. The molecule has 0 radical (unpaired) electrons. The van der Waals surface area contributed by atoms with Crippen LogP contribution in [0.1, 0.15) is 40.0 Å². The SMILES string of the molecule is CCc1oc(C(=O)Nc2ccc(N3CCCS3(=O)=O)cc2)cc1C(=O)O. The van der Waals surface area contributed by atoms with Gasteiger partial charge in [0.1, 0.15) is 11.3 Å². The zero-order valence-electron chi connectivity index (χ0n) is 14.1. The number of rotatable bonds is 5. The summed E-state index contributed by atoms with van der Waals surface area (Å²) in [5.74, 6) is -1.45. The summed E-state index contributed by atoms with van der Waals surface area (Å²) in [4.78, 5) is 23.4. The molecule has 2 N–H and O–H groups in total. The molecule has 1 aliphatic heterocycles. The first-order chi connectivity index (χ1) is 12.3. The number of anilines is 2. The molecular weight excluding hydrogens is 360 g/mol. The maximum absolute atomic E-state index is 12.3. The third-order valence-electron chi connectivity index (χ3n) is 4.10. The van der Waals surface area contributed by atoms with E-state index < -0.39 is 21.9 Å². The average Bonchev–Trinajstić information content (AvgIpc) is 3.18. The van der Waals surface area contributed by atoms with Gasteiger partial charge in [-0.3, -0.25) is 9.10 Å². The smallest absolute Gasteiger partial charge is 0.339 e. The number of amides is 1. The van der Waals surface area contributed by atoms with Crippen LogP contribution in [0.25, 0.3) is 0 Å². The topological polar surface area (TPSA) is 117 Å². The number of carbonyl (C=O) groups excluding carboxylic acids is 1. The van der Waals surface area contributed by atoms with Crippen molar-refractivity contribution in [3.05, 3.63) is 47.4 Å². The van der Waals surface area contributed by atoms with Crippen molar-refractivity contribution >= 4 is 33.3 Å². The van der Waals surface area contributed by atoms with Crippen molar-refractivity contribution in [2.24, 2.45) is 0 Å². The summed E-state index contributed by atoms with van der Waals surface area (Å²) in [7, 11) is -3.26. The van der Waals surface area contributed by atoms with Crippen LogP contribution in [0.15, 0.2) is 34.7 Å². The van der Waals surface area contributed by atoms with Crippen molar-refractivity contribution in [2.45, 2.75) is 19.8 Å². The molecule has 0 unspecified atom stereocenters. The number of benzene rings is 1. The minimum Gasteiger partial charge on any atom is -0.478 e. The summed E-state index contributed by atoms with van der Waals surface area (Å²) < 4.78 is 30.5. The van der Waals surface area contributed by atoms with Gasteiger partial charge in [0.2, 0.25) is 10.0 Å². The summed E-state index contributed by atoms with van der Waals surface area (Å²) in [6.45, 7) is 2.18. The lowest BCUT2D eigenvalue weighted by atomic mass is 10.2. The van der Waals surface area contributed by atoms with Gasteiger partial charge in [-0.25, -0.2) is 13.2 Å². The number of nitrogens with zero attached hydrogens (tertiary/aromatic N) is 1. The number of furan rings is 1. The minimum absolute atomic E-state index is 0.0350. The first-order valence-corrected chi connectivity index (χ1v) is 9.70. The van der Waals surface area contributed by atoms with Crippen LogP contribution in [-0.2, 0) is 16.4 Å². The number of aromatic carboxylic acids is 1. The van der Waals surface area contributed by atoms with Gasteiger partial charge in [0.05, 0.1) is 11.4 Å². The van der Waals surface area contributed by atoms with Gasteiger partial charge in [-0.05, 0) is 30.7 Å². The molecule has 0 bridgehead atoms. The average molecular weight is 378 g/mol. The Bertz CT molecular complexity index is 946. The zero-order chi connectivity index (χ0) is 18.9. The fourth-order valence-electron chi connectivity index (χ4n) is 2.82. The molecule has 138 valence electrons. The first-order valence-electron chi connectivity index (χ1n) is 8.09. The maximum Gasteiger partial charge on any atom is 0.339 e. The second kappa shape index (κ2) is 6.83. The van der Waals surface area contributed by atoms with Crippen molar-refractivity contribution in [3.63, 3.8) is 0 Å². The molecule has 0 aliphatic carbocycles. The van der Waals surface area contributed by atoms with E-state index in [1.807, 2.05) is 0 Å². The second-order valence-corrected chi connectivity index (χ2v) is 7.86. The summed E-state index contributed by atoms with van der Waals surface area (Å²) in [5, 5.41) is 11.7. The molecule has 1 fully saturated rings. The van der Waals surface area contributed by atoms with E-state index in [-0.39, 0.29) is 22.8 Å². The predicted octanol–water partition coefficient (Wildman–Crippen LogP) is 2.33. The number of hydrogen-bond donors (Lipinski definition) is 2. The zero-order valence-corrected chi connectivity index (χ0v) is 14.9. The molecule has 1 saturated heterocycles. The van der Waals surface area contributed by atoms with E-state index in [1.165, 1.54) is 10.4 Å². The molecular formula is C17H18N2O6S. The summed E-state index contributed by atoms with van der Waals surface area (Å²) >= 11 is 0. The number of nitrogens with one attached hydrogen (secondary N) is 1. The lowest BCUT2D eigenvalue weighted by molar-refractivity contribution is 0.0694. The number of carboxylic acids is 1. The summed E-state index contributed by atoms with van der Waals surface area (Å²) in [6, 6.07) is 7.59. The van der Waals surface area contributed by atoms with E-state index >= 15 is 0 Å². The maximum atomic E-state index is 12.3. The van der Waals surface area contributed by atoms with Crippen LogP contribution in [-0.4, -0.2) is 37.7 Å². The number of hydrogen-bond acceptors (Lipinski definition) is 5. The van der Waals surface area contributed by atoms with Crippen molar-refractivity contribution in [1.29, 1.82) is 0 Å². The monoisotopic (exact) mass is 378 g/mol. The van der Waals surface area contributed by atoms with Crippen LogP contribution >= 0.6 is 0 Å². The fourth-order valence-corrected chi connectivity index (χ4v) is 4.38. The molecule has 1 aliphatic rings. The lowest BCUT2D eigenvalue weighted by Gasteiger charge is -2.17. The van der Waals surface area contributed by atoms with Gasteiger partial charge in [-0.15, -0.1) is 0 Å². The molecule has 2 heterocycles. The van der Waals surface area contributed by atoms with Crippen LogP contribution in [0.4, 0.5) is 11.4 Å². The Morgan fingerprint density at radius 2 is 1.96 bits per heavy atom. The van der Waals surface area contributed by atoms with Crippen molar-refractivity contribution < 1.29 is 27.5 Å². The van der Waals surface area contributed by atoms with Crippen molar-refractivity contribution in [2.75, 3.05) is 21.9 Å².